The van der Waals surface area contributed by atoms with Gasteiger partial charge in [-0.1, -0.05) is 67.6 Å². The average molecular weight is 439 g/mol. The lowest BCUT2D eigenvalue weighted by atomic mass is 10.2. The van der Waals surface area contributed by atoms with Crippen LogP contribution in [0.15, 0.2) is 60.7 Å². The first kappa shape index (κ1) is 24.1. The minimum Gasteiger partial charge on any atom is -0.376 e. The molecule has 2 aromatic carbocycles. The number of benzene rings is 2. The third kappa shape index (κ3) is 9.94. The first-order valence-electron chi connectivity index (χ1n) is 9.88. The highest BCUT2D eigenvalue weighted by molar-refractivity contribution is 7.99. The summed E-state index contributed by atoms with van der Waals surface area (Å²) in [5, 5.41) is 0.0642. The molecule has 0 radical (unpaired) electrons. The summed E-state index contributed by atoms with van der Waals surface area (Å²) in [5.74, 6) is 0.277. The van der Waals surface area contributed by atoms with Gasteiger partial charge < -0.3 is 14.0 Å². The molecule has 0 saturated heterocycles. The standard InChI is InChI=1S/C22H31O5PS/c1-3-26-28(23,4-2)27-19-29-22(17-24-15-20-11-7-5-8-12-20)18-25-16-21-13-9-6-10-14-21/h5-14,22H,3-4,15-19H2,1-2H3. The lowest BCUT2D eigenvalue weighted by Gasteiger charge is -2.20. The molecule has 2 aromatic rings. The van der Waals surface area contributed by atoms with E-state index in [9.17, 15) is 4.57 Å². The number of hydrogen-bond donors (Lipinski definition) is 0. The fourth-order valence-electron chi connectivity index (χ4n) is 2.53. The van der Waals surface area contributed by atoms with Crippen molar-refractivity contribution in [3.05, 3.63) is 71.8 Å². The van der Waals surface area contributed by atoms with Crippen LogP contribution in [0.2, 0.25) is 0 Å². The minimum atomic E-state index is -3.01. The number of rotatable bonds is 15. The Hall–Kier alpha value is -1.14. The van der Waals surface area contributed by atoms with Crippen molar-refractivity contribution in [1.82, 2.24) is 0 Å². The summed E-state index contributed by atoms with van der Waals surface area (Å²) in [6.45, 7) is 6.12. The topological polar surface area (TPSA) is 54.0 Å². The van der Waals surface area contributed by atoms with Crippen molar-refractivity contribution in [2.24, 2.45) is 0 Å². The maximum absolute atomic E-state index is 12.4. The van der Waals surface area contributed by atoms with Gasteiger partial charge in [-0.15, -0.1) is 11.8 Å². The molecular weight excluding hydrogens is 407 g/mol. The van der Waals surface area contributed by atoms with E-state index in [0.29, 0.717) is 39.2 Å². The van der Waals surface area contributed by atoms with Crippen molar-refractivity contribution in [3.8, 4) is 0 Å². The third-order valence-corrected chi connectivity index (χ3v) is 7.22. The fraction of sp³-hybridized carbons (Fsp3) is 0.455. The van der Waals surface area contributed by atoms with Crippen molar-refractivity contribution >= 4 is 19.4 Å². The van der Waals surface area contributed by atoms with Crippen molar-refractivity contribution in [3.63, 3.8) is 0 Å². The normalized spacial score (nSPS) is 13.5. The van der Waals surface area contributed by atoms with Gasteiger partial charge in [-0.3, -0.25) is 9.09 Å². The Morgan fingerprint density at radius 2 is 1.34 bits per heavy atom. The van der Waals surface area contributed by atoms with E-state index in [0.717, 1.165) is 11.1 Å². The maximum Gasteiger partial charge on any atom is 0.331 e. The van der Waals surface area contributed by atoms with Gasteiger partial charge in [0.2, 0.25) is 0 Å². The molecule has 160 valence electrons. The Balaban J connectivity index is 1.81. The Morgan fingerprint density at radius 3 is 1.79 bits per heavy atom. The third-order valence-electron chi connectivity index (χ3n) is 4.10. The molecule has 0 N–H and O–H groups in total. The van der Waals surface area contributed by atoms with E-state index in [1.54, 1.807) is 0 Å². The van der Waals surface area contributed by atoms with E-state index in [4.69, 9.17) is 18.5 Å². The molecule has 1 unspecified atom stereocenters. The van der Waals surface area contributed by atoms with Crippen LogP contribution in [0, 0.1) is 0 Å². The van der Waals surface area contributed by atoms with E-state index in [2.05, 4.69) is 0 Å². The summed E-state index contributed by atoms with van der Waals surface area (Å²) < 4.78 is 35.1. The van der Waals surface area contributed by atoms with Crippen LogP contribution in [0.3, 0.4) is 0 Å². The van der Waals surface area contributed by atoms with E-state index in [1.807, 2.05) is 74.5 Å². The SMILES string of the molecule is CCOP(=O)(CC)OCSC(COCc1ccccc1)COCc1ccccc1. The average Bonchev–Trinajstić information content (AvgIpc) is 2.75. The van der Waals surface area contributed by atoms with Crippen molar-refractivity contribution < 1.29 is 23.1 Å². The van der Waals surface area contributed by atoms with Gasteiger partial charge >= 0.3 is 7.60 Å². The van der Waals surface area contributed by atoms with Crippen LogP contribution < -0.4 is 0 Å². The van der Waals surface area contributed by atoms with E-state index in [-0.39, 0.29) is 11.2 Å². The van der Waals surface area contributed by atoms with Gasteiger partial charge in [0.15, 0.2) is 0 Å². The zero-order chi connectivity index (χ0) is 20.8. The van der Waals surface area contributed by atoms with Gasteiger partial charge in [-0.05, 0) is 18.1 Å². The molecule has 1 atom stereocenters. The van der Waals surface area contributed by atoms with E-state index >= 15 is 0 Å². The molecule has 7 heteroatoms. The second-order valence-corrected chi connectivity index (χ2v) is 9.99. The summed E-state index contributed by atoms with van der Waals surface area (Å²) in [5.41, 5.74) is 2.26. The first-order chi connectivity index (χ1) is 14.1. The van der Waals surface area contributed by atoms with Crippen LogP contribution in [0.5, 0.6) is 0 Å². The zero-order valence-electron chi connectivity index (χ0n) is 17.2. The minimum absolute atomic E-state index is 0.0642. The van der Waals surface area contributed by atoms with Crippen molar-refractivity contribution in [1.29, 1.82) is 0 Å². The Kier molecular flexibility index (Phi) is 11.6. The number of thioether (sulfide) groups is 1. The first-order valence-corrected chi connectivity index (χ1v) is 12.7. The predicted molar refractivity (Wildman–Crippen MR) is 119 cm³/mol. The predicted octanol–water partition coefficient (Wildman–Crippen LogP) is 5.75. The molecule has 0 heterocycles. The molecule has 5 nitrogen and oxygen atoms in total. The molecule has 0 aliphatic rings. The van der Waals surface area contributed by atoms with Gasteiger partial charge in [0.1, 0.15) is 5.94 Å². The van der Waals surface area contributed by atoms with Crippen LogP contribution in [0.1, 0.15) is 25.0 Å². The Bertz CT molecular complexity index is 668. The van der Waals surface area contributed by atoms with Gasteiger partial charge in [-0.25, -0.2) is 0 Å². The smallest absolute Gasteiger partial charge is 0.331 e. The largest absolute Gasteiger partial charge is 0.376 e. The monoisotopic (exact) mass is 438 g/mol. The molecule has 2 rings (SSSR count). The number of ether oxygens (including phenoxy) is 2. The fourth-order valence-corrected chi connectivity index (χ4v) is 4.83. The van der Waals surface area contributed by atoms with E-state index in [1.165, 1.54) is 11.8 Å². The van der Waals surface area contributed by atoms with Gasteiger partial charge in [0.05, 0.1) is 38.3 Å². The summed E-state index contributed by atoms with van der Waals surface area (Å²) in [6.07, 6.45) is 0.362. The number of hydrogen-bond acceptors (Lipinski definition) is 6. The van der Waals surface area contributed by atoms with Gasteiger partial charge in [0, 0.05) is 6.16 Å². The molecule has 0 amide bonds. The molecule has 0 aromatic heterocycles. The molecular formula is C22H31O5PS. The van der Waals surface area contributed by atoms with Crippen molar-refractivity contribution in [2.45, 2.75) is 32.3 Å². The molecule has 29 heavy (non-hydrogen) atoms. The highest BCUT2D eigenvalue weighted by Gasteiger charge is 2.22. The molecule has 0 spiro atoms. The maximum atomic E-state index is 12.4. The second kappa shape index (κ2) is 14.0. The second-order valence-electron chi connectivity index (χ2n) is 6.38. The van der Waals surface area contributed by atoms with Crippen LogP contribution in [0.25, 0.3) is 0 Å². The summed E-state index contributed by atoms with van der Waals surface area (Å²) in [4.78, 5) is 0. The van der Waals surface area contributed by atoms with Crippen LogP contribution >= 0.6 is 19.4 Å². The molecule has 0 aliphatic heterocycles. The molecule has 0 saturated carbocycles. The van der Waals surface area contributed by atoms with Crippen molar-refractivity contribution in [2.75, 3.05) is 31.9 Å². The quantitative estimate of drug-likeness (QED) is 0.261. The van der Waals surface area contributed by atoms with E-state index < -0.39 is 7.60 Å². The highest BCUT2D eigenvalue weighted by Crippen LogP contribution is 2.48. The Labute approximate surface area is 178 Å². The molecule has 0 bridgehead atoms. The molecule has 0 fully saturated rings. The van der Waals surface area contributed by atoms with Crippen LogP contribution in [0.4, 0.5) is 0 Å². The summed E-state index contributed by atoms with van der Waals surface area (Å²) >= 11 is 1.54. The Morgan fingerprint density at radius 1 is 0.828 bits per heavy atom. The van der Waals surface area contributed by atoms with Crippen LogP contribution in [-0.4, -0.2) is 37.2 Å². The molecule has 0 aliphatic carbocycles. The summed E-state index contributed by atoms with van der Waals surface area (Å²) in [6, 6.07) is 20.1. The van der Waals surface area contributed by atoms with Gasteiger partial charge in [-0.2, -0.15) is 0 Å². The zero-order valence-corrected chi connectivity index (χ0v) is 18.9. The van der Waals surface area contributed by atoms with Gasteiger partial charge in [0.25, 0.3) is 0 Å². The lowest BCUT2D eigenvalue weighted by molar-refractivity contribution is 0.0741. The van der Waals surface area contributed by atoms with Crippen LogP contribution in [-0.2, 0) is 36.3 Å². The summed E-state index contributed by atoms with van der Waals surface area (Å²) in [7, 11) is -3.01. The highest BCUT2D eigenvalue weighted by atomic mass is 32.2. The lowest BCUT2D eigenvalue weighted by Crippen LogP contribution is -2.20.